The number of aromatic hydroxyl groups is 1. The van der Waals surface area contributed by atoms with Crippen LogP contribution in [0.15, 0.2) is 24.3 Å². The van der Waals surface area contributed by atoms with Crippen molar-refractivity contribution in [3.63, 3.8) is 0 Å². The van der Waals surface area contributed by atoms with E-state index in [0.29, 0.717) is 26.1 Å². The van der Waals surface area contributed by atoms with E-state index >= 15 is 0 Å². The molecule has 0 unspecified atom stereocenters. The number of nitrogens with one attached hydrogen (secondary N) is 1. The van der Waals surface area contributed by atoms with Crippen LogP contribution in [0.5, 0.6) is 5.75 Å². The average molecular weight is 376 g/mol. The van der Waals surface area contributed by atoms with Gasteiger partial charge in [-0.3, -0.25) is 4.79 Å². The number of hydrogen-bond acceptors (Lipinski definition) is 5. The normalized spacial score (nSPS) is 21.1. The molecule has 0 saturated carbocycles. The minimum Gasteiger partial charge on any atom is -0.508 e. The lowest BCUT2D eigenvalue weighted by Gasteiger charge is -2.37. The fraction of sp³-hybridized carbons (Fsp3) is 0.600. The molecule has 148 valence electrons. The van der Waals surface area contributed by atoms with Gasteiger partial charge in [-0.25, -0.2) is 4.79 Å². The summed E-state index contributed by atoms with van der Waals surface area (Å²) in [6.07, 6.45) is 2.62. The van der Waals surface area contributed by atoms with E-state index in [2.05, 4.69) is 4.90 Å². The van der Waals surface area contributed by atoms with Crippen LogP contribution in [-0.2, 0) is 14.3 Å². The molecular formula is C20H30N3O4+. The van der Waals surface area contributed by atoms with Crippen LogP contribution in [0.4, 0.5) is 5.69 Å². The standard InChI is InChI=1S/C20H29N3O4/c1-2-27-20(26)18-5-3-4-10-23(18)19(25)15-21-11-13-22(14-12-21)16-6-8-17(24)9-7-16/h6-9,18,24H,2-5,10-15H2,1H3/p+1/t18-/m0/s1. The quantitative estimate of drug-likeness (QED) is 0.710. The molecule has 2 heterocycles. The lowest BCUT2D eigenvalue weighted by molar-refractivity contribution is -0.892. The smallest absolute Gasteiger partial charge is 0.328 e. The van der Waals surface area contributed by atoms with E-state index in [1.807, 2.05) is 12.1 Å². The van der Waals surface area contributed by atoms with Crippen molar-refractivity contribution in [2.24, 2.45) is 0 Å². The summed E-state index contributed by atoms with van der Waals surface area (Å²) in [6.45, 7) is 6.72. The molecule has 0 bridgehead atoms. The molecule has 0 aromatic heterocycles. The van der Waals surface area contributed by atoms with Crippen LogP contribution in [0.2, 0.25) is 0 Å². The molecule has 2 aliphatic rings. The number of phenolic OH excluding ortho intramolecular Hbond substituents is 1. The number of piperazine rings is 1. The number of likely N-dealkylation sites (tertiary alicyclic amines) is 1. The molecule has 0 spiro atoms. The van der Waals surface area contributed by atoms with Gasteiger partial charge in [-0.2, -0.15) is 0 Å². The van der Waals surface area contributed by atoms with E-state index in [9.17, 15) is 14.7 Å². The molecule has 2 N–H and O–H groups in total. The van der Waals surface area contributed by atoms with Crippen molar-refractivity contribution in [3.8, 4) is 5.75 Å². The molecule has 0 radical (unpaired) electrons. The maximum atomic E-state index is 12.8. The Hall–Kier alpha value is -2.28. The second kappa shape index (κ2) is 9.08. The predicted octanol–water partition coefficient (Wildman–Crippen LogP) is 0.0413. The summed E-state index contributed by atoms with van der Waals surface area (Å²) in [7, 11) is 0. The van der Waals surface area contributed by atoms with Gasteiger partial charge in [-0.15, -0.1) is 0 Å². The molecule has 2 fully saturated rings. The highest BCUT2D eigenvalue weighted by atomic mass is 16.5. The summed E-state index contributed by atoms with van der Waals surface area (Å²) in [5, 5.41) is 9.42. The SMILES string of the molecule is CCOC(=O)[C@@H]1CCCCN1C(=O)C[NH+]1CCN(c2ccc(O)cc2)CC1. The third-order valence-corrected chi connectivity index (χ3v) is 5.47. The molecule has 0 aliphatic carbocycles. The molecule has 27 heavy (non-hydrogen) atoms. The van der Waals surface area contributed by atoms with Crippen molar-refractivity contribution in [1.82, 2.24) is 4.90 Å². The van der Waals surface area contributed by atoms with Gasteiger partial charge in [-0.1, -0.05) is 0 Å². The first-order chi connectivity index (χ1) is 13.1. The molecular weight excluding hydrogens is 346 g/mol. The van der Waals surface area contributed by atoms with E-state index < -0.39 is 6.04 Å². The van der Waals surface area contributed by atoms with Gasteiger partial charge >= 0.3 is 5.97 Å². The van der Waals surface area contributed by atoms with Gasteiger partial charge in [0.2, 0.25) is 0 Å². The minimum atomic E-state index is -0.413. The van der Waals surface area contributed by atoms with E-state index in [4.69, 9.17) is 4.74 Å². The van der Waals surface area contributed by atoms with Gasteiger partial charge in [-0.05, 0) is 50.5 Å². The number of ether oxygens (including phenoxy) is 1. The van der Waals surface area contributed by atoms with E-state index in [0.717, 1.165) is 44.7 Å². The molecule has 1 aromatic carbocycles. The van der Waals surface area contributed by atoms with E-state index in [-0.39, 0.29) is 17.6 Å². The Morgan fingerprint density at radius 1 is 1.15 bits per heavy atom. The first kappa shape index (κ1) is 19.5. The van der Waals surface area contributed by atoms with Crippen molar-refractivity contribution in [2.45, 2.75) is 32.2 Å². The van der Waals surface area contributed by atoms with E-state index in [1.165, 1.54) is 4.90 Å². The van der Waals surface area contributed by atoms with Crippen LogP contribution in [-0.4, -0.2) is 73.8 Å². The van der Waals surface area contributed by atoms with Gasteiger partial charge < -0.3 is 24.5 Å². The fourth-order valence-electron chi connectivity index (χ4n) is 3.95. The van der Waals surface area contributed by atoms with Crippen LogP contribution >= 0.6 is 0 Å². The topological polar surface area (TPSA) is 74.5 Å². The highest BCUT2D eigenvalue weighted by molar-refractivity contribution is 5.85. The summed E-state index contributed by atoms with van der Waals surface area (Å²) >= 11 is 0. The maximum absolute atomic E-state index is 12.8. The first-order valence-corrected chi connectivity index (χ1v) is 9.92. The Kier molecular flexibility index (Phi) is 6.55. The third kappa shape index (κ3) is 4.91. The van der Waals surface area contributed by atoms with Crippen LogP contribution in [0.3, 0.4) is 0 Å². The molecule has 7 heteroatoms. The summed E-state index contributed by atoms with van der Waals surface area (Å²) in [4.78, 5) is 30.3. The number of amides is 1. The summed E-state index contributed by atoms with van der Waals surface area (Å²) in [6, 6.07) is 6.82. The first-order valence-electron chi connectivity index (χ1n) is 9.92. The summed E-state index contributed by atoms with van der Waals surface area (Å²) in [5.41, 5.74) is 1.09. The molecule has 1 aromatic rings. The zero-order valence-electron chi connectivity index (χ0n) is 16.0. The van der Waals surface area contributed by atoms with Crippen molar-refractivity contribution >= 4 is 17.6 Å². The second-order valence-corrected chi connectivity index (χ2v) is 7.28. The number of benzene rings is 1. The number of rotatable bonds is 5. The number of piperidine rings is 1. The number of esters is 1. The highest BCUT2D eigenvalue weighted by Gasteiger charge is 2.35. The van der Waals surface area contributed by atoms with Crippen LogP contribution < -0.4 is 9.80 Å². The van der Waals surface area contributed by atoms with E-state index in [1.54, 1.807) is 24.0 Å². The van der Waals surface area contributed by atoms with Gasteiger partial charge in [0, 0.05) is 12.2 Å². The Labute approximate surface area is 160 Å². The van der Waals surface area contributed by atoms with Crippen LogP contribution in [0.25, 0.3) is 0 Å². The number of nitrogens with zero attached hydrogens (tertiary/aromatic N) is 2. The number of carbonyl (C=O) groups excluding carboxylic acids is 2. The number of carbonyl (C=O) groups is 2. The van der Waals surface area contributed by atoms with Crippen molar-refractivity contribution in [3.05, 3.63) is 24.3 Å². The monoisotopic (exact) mass is 376 g/mol. The van der Waals surface area contributed by atoms with Gasteiger partial charge in [0.15, 0.2) is 6.54 Å². The molecule has 3 rings (SSSR count). The van der Waals surface area contributed by atoms with Crippen molar-refractivity contribution in [1.29, 1.82) is 0 Å². The Bertz CT molecular complexity index is 641. The van der Waals surface area contributed by atoms with Crippen LogP contribution in [0.1, 0.15) is 26.2 Å². The third-order valence-electron chi connectivity index (χ3n) is 5.47. The number of hydrogen-bond donors (Lipinski definition) is 2. The maximum Gasteiger partial charge on any atom is 0.328 e. The highest BCUT2D eigenvalue weighted by Crippen LogP contribution is 2.19. The predicted molar refractivity (Wildman–Crippen MR) is 102 cm³/mol. The molecule has 2 saturated heterocycles. The van der Waals surface area contributed by atoms with Gasteiger partial charge in [0.1, 0.15) is 11.8 Å². The van der Waals surface area contributed by atoms with Gasteiger partial charge in [0.25, 0.3) is 5.91 Å². The average Bonchev–Trinajstić information content (AvgIpc) is 2.69. The van der Waals surface area contributed by atoms with Crippen LogP contribution in [0, 0.1) is 0 Å². The molecule has 1 amide bonds. The van der Waals surface area contributed by atoms with Crippen molar-refractivity contribution in [2.75, 3.05) is 50.8 Å². The Balaban J connectivity index is 1.52. The number of phenols is 1. The summed E-state index contributed by atoms with van der Waals surface area (Å²) in [5.74, 6) is 0.0600. The summed E-state index contributed by atoms with van der Waals surface area (Å²) < 4.78 is 5.16. The lowest BCUT2D eigenvalue weighted by Crippen LogP contribution is -3.16. The number of quaternary nitrogens is 1. The second-order valence-electron chi connectivity index (χ2n) is 7.28. The largest absolute Gasteiger partial charge is 0.508 e. The lowest BCUT2D eigenvalue weighted by atomic mass is 10.0. The number of anilines is 1. The fourth-order valence-corrected chi connectivity index (χ4v) is 3.95. The Morgan fingerprint density at radius 3 is 2.52 bits per heavy atom. The zero-order valence-corrected chi connectivity index (χ0v) is 16.0. The Morgan fingerprint density at radius 2 is 1.85 bits per heavy atom. The van der Waals surface area contributed by atoms with Crippen molar-refractivity contribution < 1.29 is 24.3 Å². The molecule has 7 nitrogen and oxygen atoms in total. The van der Waals surface area contributed by atoms with Gasteiger partial charge in [0.05, 0.1) is 32.8 Å². The molecule has 2 aliphatic heterocycles. The minimum absolute atomic E-state index is 0.0563. The molecule has 1 atom stereocenters. The zero-order chi connectivity index (χ0) is 19.2.